The molecule has 0 bridgehead atoms. The number of rotatable bonds is 7. The lowest BCUT2D eigenvalue weighted by molar-refractivity contribution is -0.118. The summed E-state index contributed by atoms with van der Waals surface area (Å²) >= 11 is 0. The van der Waals surface area contributed by atoms with Gasteiger partial charge in [0.25, 0.3) is 5.91 Å². The average molecular weight is 435 g/mol. The fourth-order valence-corrected chi connectivity index (χ4v) is 3.41. The van der Waals surface area contributed by atoms with Gasteiger partial charge < -0.3 is 10.6 Å². The minimum Gasteiger partial charge on any atom is -0.340 e. The number of hydrogen-bond acceptors (Lipinski definition) is 4. The Hall–Kier alpha value is -2.74. The van der Waals surface area contributed by atoms with Crippen LogP contribution < -0.4 is 10.6 Å². The third-order valence-electron chi connectivity index (χ3n) is 4.54. The number of carbonyl (C=O) groups is 2. The van der Waals surface area contributed by atoms with Crippen molar-refractivity contribution in [2.75, 3.05) is 17.3 Å². The first-order valence-electron chi connectivity index (χ1n) is 9.51. The van der Waals surface area contributed by atoms with E-state index in [-0.39, 0.29) is 23.3 Å². The Bertz CT molecular complexity index is 1010. The van der Waals surface area contributed by atoms with Crippen LogP contribution in [0.15, 0.2) is 48.5 Å². The Kier molecular flexibility index (Phi) is 7.36. The molecule has 30 heavy (non-hydrogen) atoms. The molecule has 8 heteroatoms. The van der Waals surface area contributed by atoms with Crippen molar-refractivity contribution in [3.05, 3.63) is 65.5 Å². The van der Waals surface area contributed by atoms with Crippen molar-refractivity contribution in [2.45, 2.75) is 38.6 Å². The second-order valence-electron chi connectivity index (χ2n) is 8.24. The molecular weight excluding hydrogens is 407 g/mol. The van der Waals surface area contributed by atoms with E-state index >= 15 is 0 Å². The fraction of sp³-hybridized carbons (Fsp3) is 0.364. The number of benzene rings is 2. The first-order valence-corrected chi connectivity index (χ1v) is 11.6. The van der Waals surface area contributed by atoms with Crippen LogP contribution in [0, 0.1) is 5.82 Å². The van der Waals surface area contributed by atoms with Crippen LogP contribution in [0.2, 0.25) is 0 Å². The van der Waals surface area contributed by atoms with Crippen molar-refractivity contribution in [3.8, 4) is 0 Å². The Morgan fingerprint density at radius 2 is 1.63 bits per heavy atom. The summed E-state index contributed by atoms with van der Waals surface area (Å²) in [5.41, 5.74) is 1.26. The van der Waals surface area contributed by atoms with Crippen molar-refractivity contribution in [1.82, 2.24) is 5.32 Å². The van der Waals surface area contributed by atoms with Gasteiger partial charge in [-0.25, -0.2) is 12.8 Å². The molecule has 0 aliphatic rings. The van der Waals surface area contributed by atoms with Gasteiger partial charge >= 0.3 is 0 Å². The van der Waals surface area contributed by atoms with Crippen molar-refractivity contribution < 1.29 is 22.4 Å². The smallest absolute Gasteiger partial charge is 0.251 e. The predicted molar refractivity (Wildman–Crippen MR) is 116 cm³/mol. The van der Waals surface area contributed by atoms with Crippen LogP contribution in [0.5, 0.6) is 0 Å². The molecule has 2 N–H and O–H groups in total. The lowest BCUT2D eigenvalue weighted by Gasteiger charge is -2.20. The summed E-state index contributed by atoms with van der Waals surface area (Å²) in [4.78, 5) is 25.3. The maximum absolute atomic E-state index is 13.9. The van der Waals surface area contributed by atoms with E-state index in [2.05, 4.69) is 31.4 Å². The molecule has 2 amide bonds. The van der Waals surface area contributed by atoms with Crippen LogP contribution >= 0.6 is 0 Å². The number of amides is 2. The molecule has 2 rings (SSSR count). The Morgan fingerprint density at radius 1 is 1.03 bits per heavy atom. The highest BCUT2D eigenvalue weighted by Gasteiger charge is 2.24. The van der Waals surface area contributed by atoms with Crippen LogP contribution in [-0.4, -0.2) is 38.3 Å². The molecule has 0 aromatic heterocycles. The maximum atomic E-state index is 13.9. The fourth-order valence-electron chi connectivity index (χ4n) is 2.75. The van der Waals surface area contributed by atoms with E-state index in [0.717, 1.165) is 11.8 Å². The molecule has 6 nitrogen and oxygen atoms in total. The van der Waals surface area contributed by atoms with Crippen LogP contribution in [-0.2, 0) is 20.0 Å². The van der Waals surface area contributed by atoms with Gasteiger partial charge in [-0.2, -0.15) is 0 Å². The predicted octanol–water partition coefficient (Wildman–Crippen LogP) is 3.30. The number of anilines is 1. The normalized spacial score (nSPS) is 12.8. The van der Waals surface area contributed by atoms with Gasteiger partial charge in [-0.05, 0) is 41.7 Å². The van der Waals surface area contributed by atoms with Gasteiger partial charge in [-0.3, -0.25) is 9.59 Å². The minimum absolute atomic E-state index is 0.0457. The molecule has 0 fully saturated rings. The molecule has 0 radical (unpaired) electrons. The molecule has 162 valence electrons. The second-order valence-corrected chi connectivity index (χ2v) is 10.5. The van der Waals surface area contributed by atoms with E-state index in [0.29, 0.717) is 5.56 Å². The highest BCUT2D eigenvalue weighted by molar-refractivity contribution is 7.90. The van der Waals surface area contributed by atoms with Crippen LogP contribution in [0.1, 0.15) is 43.1 Å². The Morgan fingerprint density at radius 3 is 2.17 bits per heavy atom. The van der Waals surface area contributed by atoms with Gasteiger partial charge in [0.1, 0.15) is 21.7 Å². The monoisotopic (exact) mass is 434 g/mol. The van der Waals surface area contributed by atoms with Gasteiger partial charge in [-0.15, -0.1) is 0 Å². The van der Waals surface area contributed by atoms with Gasteiger partial charge in [0, 0.05) is 11.8 Å². The molecule has 0 aliphatic heterocycles. The molecule has 2 aromatic carbocycles. The van der Waals surface area contributed by atoms with Crippen LogP contribution in [0.25, 0.3) is 0 Å². The first kappa shape index (κ1) is 23.5. The van der Waals surface area contributed by atoms with Crippen LogP contribution in [0.3, 0.4) is 0 Å². The second kappa shape index (κ2) is 9.38. The van der Waals surface area contributed by atoms with E-state index in [4.69, 9.17) is 0 Å². The summed E-state index contributed by atoms with van der Waals surface area (Å²) in [5, 5.41) is 4.97. The molecule has 1 atom stereocenters. The Balaban J connectivity index is 2.18. The molecular formula is C22H27FN2O4S. The number of para-hydroxylation sites is 1. The number of carbonyl (C=O) groups excluding carboxylic acids is 2. The molecule has 0 aliphatic carbocycles. The van der Waals surface area contributed by atoms with E-state index in [1.165, 1.54) is 18.2 Å². The van der Waals surface area contributed by atoms with E-state index < -0.39 is 33.5 Å². The zero-order valence-corrected chi connectivity index (χ0v) is 18.3. The van der Waals surface area contributed by atoms with Gasteiger partial charge in [-0.1, -0.05) is 45.0 Å². The lowest BCUT2D eigenvalue weighted by Crippen LogP contribution is -2.45. The summed E-state index contributed by atoms with van der Waals surface area (Å²) in [6.07, 6.45) is 0.913. The standard InChI is InChI=1S/C22H27FN2O4S/c1-22(2,3)16-11-9-15(10-12-16)20(26)25-19(13-14-30(4,28)29)21(27)24-18-8-6-5-7-17(18)23/h5-12,19H,13-14H2,1-4H3,(H,24,27)(H,25,26)/t19-/m0/s1. The summed E-state index contributed by atoms with van der Waals surface area (Å²) in [6.45, 7) is 6.16. The molecule has 0 saturated heterocycles. The molecule has 0 unspecified atom stereocenters. The number of halogens is 1. The number of nitrogens with one attached hydrogen (secondary N) is 2. The molecule has 0 heterocycles. The van der Waals surface area contributed by atoms with Crippen molar-refractivity contribution >= 4 is 27.3 Å². The minimum atomic E-state index is -3.36. The summed E-state index contributed by atoms with van der Waals surface area (Å²) in [5.74, 6) is -2.14. The molecule has 0 spiro atoms. The molecule has 0 saturated carbocycles. The highest BCUT2D eigenvalue weighted by Crippen LogP contribution is 2.22. The maximum Gasteiger partial charge on any atom is 0.251 e. The third-order valence-corrected chi connectivity index (χ3v) is 5.52. The van der Waals surface area contributed by atoms with Crippen molar-refractivity contribution in [3.63, 3.8) is 0 Å². The average Bonchev–Trinajstić information content (AvgIpc) is 2.65. The van der Waals surface area contributed by atoms with Gasteiger partial charge in [0.05, 0.1) is 11.4 Å². The van der Waals surface area contributed by atoms with Crippen molar-refractivity contribution in [1.29, 1.82) is 0 Å². The quantitative estimate of drug-likeness (QED) is 0.699. The topological polar surface area (TPSA) is 92.3 Å². The third kappa shape index (κ3) is 6.95. The number of hydrogen-bond donors (Lipinski definition) is 2. The summed E-state index contributed by atoms with van der Waals surface area (Å²) in [6, 6.07) is 11.4. The molecule has 2 aromatic rings. The highest BCUT2D eigenvalue weighted by atomic mass is 32.2. The van der Waals surface area contributed by atoms with Gasteiger partial charge in [0.2, 0.25) is 5.91 Å². The van der Waals surface area contributed by atoms with Crippen molar-refractivity contribution in [2.24, 2.45) is 0 Å². The van der Waals surface area contributed by atoms with E-state index in [1.54, 1.807) is 18.2 Å². The number of sulfone groups is 1. The summed E-state index contributed by atoms with van der Waals surface area (Å²) in [7, 11) is -3.36. The lowest BCUT2D eigenvalue weighted by atomic mass is 9.86. The zero-order valence-electron chi connectivity index (χ0n) is 17.5. The first-order chi connectivity index (χ1) is 13.9. The van der Waals surface area contributed by atoms with Gasteiger partial charge in [0.15, 0.2) is 0 Å². The van der Waals surface area contributed by atoms with E-state index in [9.17, 15) is 22.4 Å². The van der Waals surface area contributed by atoms with E-state index in [1.807, 2.05) is 12.1 Å². The SMILES string of the molecule is CC(C)(C)c1ccc(C(=O)N[C@@H](CCS(C)(=O)=O)C(=O)Nc2ccccc2F)cc1. The van der Waals surface area contributed by atoms with Crippen LogP contribution in [0.4, 0.5) is 10.1 Å². The largest absolute Gasteiger partial charge is 0.340 e. The summed E-state index contributed by atoms with van der Waals surface area (Å²) < 4.78 is 37.0. The zero-order chi connectivity index (χ0) is 22.5. The Labute approximate surface area is 176 Å².